The second-order valence-electron chi connectivity index (χ2n) is 4.59. The Morgan fingerprint density at radius 2 is 2.07 bits per heavy atom. The smallest absolute Gasteiger partial charge is 0.157 e. The van der Waals surface area contributed by atoms with Gasteiger partial charge in [-0.1, -0.05) is 38.5 Å². The molecule has 0 saturated heterocycles. The number of hydrogen-bond donors (Lipinski definition) is 1. The molecule has 1 unspecified atom stereocenters. The minimum atomic E-state index is 0.677. The summed E-state index contributed by atoms with van der Waals surface area (Å²) in [4.78, 5) is 4.51. The first-order chi connectivity index (χ1) is 6.75. The maximum Gasteiger partial charge on any atom is 0.157 e. The summed E-state index contributed by atoms with van der Waals surface area (Å²) in [5.74, 6) is 0.822. The first kappa shape index (κ1) is 10.3. The zero-order valence-corrected chi connectivity index (χ0v) is 9.94. The molecule has 2 aliphatic rings. The molecule has 1 saturated carbocycles. The van der Waals surface area contributed by atoms with Gasteiger partial charge in [0, 0.05) is 11.3 Å². The van der Waals surface area contributed by atoms with Crippen molar-refractivity contribution in [1.82, 2.24) is 5.32 Å². The minimum Gasteiger partial charge on any atom is -0.362 e. The van der Waals surface area contributed by atoms with Gasteiger partial charge in [0.15, 0.2) is 5.17 Å². The first-order valence-electron chi connectivity index (χ1n) is 5.73. The fourth-order valence-electron chi connectivity index (χ4n) is 2.25. The van der Waals surface area contributed by atoms with E-state index in [-0.39, 0.29) is 0 Å². The summed E-state index contributed by atoms with van der Waals surface area (Å²) in [5, 5.41) is 5.48. The van der Waals surface area contributed by atoms with Gasteiger partial charge in [-0.2, -0.15) is 0 Å². The summed E-state index contributed by atoms with van der Waals surface area (Å²) in [6.45, 7) is 5.60. The van der Waals surface area contributed by atoms with E-state index in [2.05, 4.69) is 24.2 Å². The highest BCUT2D eigenvalue weighted by Crippen LogP contribution is 2.26. The van der Waals surface area contributed by atoms with Gasteiger partial charge < -0.3 is 5.32 Å². The van der Waals surface area contributed by atoms with E-state index < -0.39 is 0 Å². The van der Waals surface area contributed by atoms with E-state index in [0.29, 0.717) is 11.3 Å². The molecule has 1 aliphatic heterocycles. The van der Waals surface area contributed by atoms with Crippen LogP contribution in [0.2, 0.25) is 0 Å². The molecular weight excluding hydrogens is 192 g/mol. The Hall–Kier alpha value is -0.180. The van der Waals surface area contributed by atoms with E-state index in [4.69, 9.17) is 0 Å². The summed E-state index contributed by atoms with van der Waals surface area (Å²) in [5.41, 5.74) is 0. The highest BCUT2D eigenvalue weighted by Gasteiger charge is 2.24. The summed E-state index contributed by atoms with van der Waals surface area (Å²) in [6.07, 6.45) is 5.51. The third-order valence-corrected chi connectivity index (χ3v) is 4.25. The first-order valence-corrected chi connectivity index (χ1v) is 6.61. The molecule has 3 atom stereocenters. The molecule has 2 nitrogen and oxygen atoms in total. The van der Waals surface area contributed by atoms with Crippen LogP contribution in [0.5, 0.6) is 0 Å². The maximum absolute atomic E-state index is 4.51. The van der Waals surface area contributed by atoms with Gasteiger partial charge >= 0.3 is 0 Å². The van der Waals surface area contributed by atoms with Crippen LogP contribution in [0.15, 0.2) is 4.99 Å². The lowest BCUT2D eigenvalue weighted by atomic mass is 9.86. The number of hydrogen-bond acceptors (Lipinski definition) is 3. The second-order valence-corrected chi connectivity index (χ2v) is 6.01. The molecule has 0 radical (unpaired) electrons. The zero-order valence-electron chi connectivity index (χ0n) is 9.12. The molecule has 2 rings (SSSR count). The molecule has 0 aromatic rings. The van der Waals surface area contributed by atoms with E-state index in [1.165, 1.54) is 30.9 Å². The van der Waals surface area contributed by atoms with Crippen molar-refractivity contribution in [2.75, 3.05) is 6.54 Å². The van der Waals surface area contributed by atoms with E-state index in [1.54, 1.807) is 0 Å². The Labute approximate surface area is 90.9 Å². The van der Waals surface area contributed by atoms with E-state index >= 15 is 0 Å². The molecule has 0 aromatic carbocycles. The summed E-state index contributed by atoms with van der Waals surface area (Å²) in [7, 11) is 0. The largest absolute Gasteiger partial charge is 0.362 e. The van der Waals surface area contributed by atoms with E-state index in [0.717, 1.165) is 12.5 Å². The lowest BCUT2D eigenvalue weighted by Gasteiger charge is -2.30. The van der Waals surface area contributed by atoms with Crippen LogP contribution in [0.3, 0.4) is 0 Å². The van der Waals surface area contributed by atoms with Crippen molar-refractivity contribution in [3.8, 4) is 0 Å². The van der Waals surface area contributed by atoms with E-state index in [9.17, 15) is 0 Å². The molecule has 14 heavy (non-hydrogen) atoms. The fourth-order valence-corrected chi connectivity index (χ4v) is 3.14. The number of rotatable bonds is 1. The van der Waals surface area contributed by atoms with Crippen molar-refractivity contribution < 1.29 is 0 Å². The molecule has 0 aromatic heterocycles. The van der Waals surface area contributed by atoms with Crippen LogP contribution >= 0.6 is 11.8 Å². The quantitative estimate of drug-likeness (QED) is 0.722. The molecule has 0 bridgehead atoms. The molecule has 0 amide bonds. The third kappa shape index (κ3) is 2.44. The van der Waals surface area contributed by atoms with Crippen molar-refractivity contribution in [3.63, 3.8) is 0 Å². The molecule has 1 heterocycles. The van der Waals surface area contributed by atoms with Crippen LogP contribution < -0.4 is 5.32 Å². The molecule has 1 N–H and O–H groups in total. The Morgan fingerprint density at radius 1 is 1.29 bits per heavy atom. The van der Waals surface area contributed by atoms with Crippen molar-refractivity contribution in [2.45, 2.75) is 50.8 Å². The van der Waals surface area contributed by atoms with Gasteiger partial charge in [0.2, 0.25) is 0 Å². The fraction of sp³-hybridized carbons (Fsp3) is 0.909. The molecule has 1 fully saturated rings. The Balaban J connectivity index is 1.84. The summed E-state index contributed by atoms with van der Waals surface area (Å²) >= 11 is 1.90. The van der Waals surface area contributed by atoms with Crippen molar-refractivity contribution in [2.24, 2.45) is 10.9 Å². The molecule has 80 valence electrons. The predicted molar refractivity (Wildman–Crippen MR) is 63.9 cm³/mol. The van der Waals surface area contributed by atoms with Gasteiger partial charge in [0.1, 0.15) is 0 Å². The minimum absolute atomic E-state index is 0.677. The maximum atomic E-state index is 4.51. The number of thioether (sulfide) groups is 1. The summed E-state index contributed by atoms with van der Waals surface area (Å²) in [6, 6.07) is 0.681. The van der Waals surface area contributed by atoms with Gasteiger partial charge in [-0.25, -0.2) is 0 Å². The third-order valence-electron chi connectivity index (χ3n) is 3.23. The normalized spacial score (nSPS) is 38.1. The van der Waals surface area contributed by atoms with Crippen molar-refractivity contribution in [1.29, 1.82) is 0 Å². The second kappa shape index (κ2) is 4.56. The monoisotopic (exact) mass is 212 g/mol. The predicted octanol–water partition coefficient (Wildman–Crippen LogP) is 2.65. The van der Waals surface area contributed by atoms with E-state index in [1.807, 2.05) is 11.8 Å². The van der Waals surface area contributed by atoms with Crippen LogP contribution in [0.4, 0.5) is 0 Å². The average molecular weight is 212 g/mol. The van der Waals surface area contributed by atoms with Gasteiger partial charge in [-0.15, -0.1) is 0 Å². The lowest BCUT2D eigenvalue weighted by molar-refractivity contribution is 0.310. The van der Waals surface area contributed by atoms with Gasteiger partial charge in [-0.3, -0.25) is 4.99 Å². The Morgan fingerprint density at radius 3 is 2.71 bits per heavy atom. The Bertz CT molecular complexity index is 227. The molecule has 3 heteroatoms. The van der Waals surface area contributed by atoms with Crippen molar-refractivity contribution in [3.05, 3.63) is 0 Å². The number of nitrogens with zero attached hydrogens (tertiary/aromatic N) is 1. The van der Waals surface area contributed by atoms with Crippen LogP contribution in [0, 0.1) is 5.92 Å². The average Bonchev–Trinajstić information content (AvgIpc) is 2.56. The van der Waals surface area contributed by atoms with Crippen molar-refractivity contribution >= 4 is 16.9 Å². The van der Waals surface area contributed by atoms with Gasteiger partial charge in [0.25, 0.3) is 0 Å². The highest BCUT2D eigenvalue weighted by atomic mass is 32.2. The number of aliphatic imine (C=N–C) groups is 1. The Kier molecular flexibility index (Phi) is 3.37. The molecular formula is C11H20N2S. The molecule has 0 spiro atoms. The van der Waals surface area contributed by atoms with Crippen LogP contribution in [0.1, 0.15) is 39.5 Å². The van der Waals surface area contributed by atoms with Crippen LogP contribution in [-0.2, 0) is 0 Å². The summed E-state index contributed by atoms with van der Waals surface area (Å²) < 4.78 is 0. The number of amidine groups is 1. The lowest BCUT2D eigenvalue weighted by Crippen LogP contribution is -2.39. The number of nitrogens with one attached hydrogen (secondary N) is 1. The highest BCUT2D eigenvalue weighted by molar-refractivity contribution is 8.14. The van der Waals surface area contributed by atoms with Gasteiger partial charge in [0.05, 0.1) is 6.54 Å². The topological polar surface area (TPSA) is 24.4 Å². The van der Waals surface area contributed by atoms with Crippen LogP contribution in [0.25, 0.3) is 0 Å². The standard InChI is InChI=1S/C11H20N2S/c1-8-5-3-4-6-10(8)13-11-12-7-9(2)14-11/h8-10H,3-7H2,1-2H3,(H,12,13)/t8-,9?,10-/m1/s1. The van der Waals surface area contributed by atoms with Crippen LogP contribution in [-0.4, -0.2) is 23.0 Å². The SMILES string of the molecule is CC1CN=C(N[C@@H]2CCCC[C@H]2C)S1. The zero-order chi connectivity index (χ0) is 9.97. The van der Waals surface area contributed by atoms with Gasteiger partial charge in [-0.05, 0) is 18.8 Å². The molecule has 1 aliphatic carbocycles.